The Labute approximate surface area is 98.4 Å². The van der Waals surface area contributed by atoms with Gasteiger partial charge in [0.1, 0.15) is 0 Å². The number of rotatable bonds is 2. The molecule has 0 saturated carbocycles. The molecule has 1 aliphatic carbocycles. The van der Waals surface area contributed by atoms with Gasteiger partial charge in [0.2, 0.25) is 0 Å². The van der Waals surface area contributed by atoms with Crippen molar-refractivity contribution in [2.75, 3.05) is 0 Å². The van der Waals surface area contributed by atoms with Crippen LogP contribution in [0.5, 0.6) is 0 Å². The van der Waals surface area contributed by atoms with Gasteiger partial charge in [-0.1, -0.05) is 40.2 Å². The highest BCUT2D eigenvalue weighted by atomic mass is 79.9. The Morgan fingerprint density at radius 3 is 2.73 bits per heavy atom. The van der Waals surface area contributed by atoms with Gasteiger partial charge in [0.05, 0.1) is 5.69 Å². The van der Waals surface area contributed by atoms with Crippen molar-refractivity contribution in [2.45, 2.75) is 12.8 Å². The van der Waals surface area contributed by atoms with Crippen LogP contribution in [0.1, 0.15) is 12.8 Å². The third-order valence-corrected chi connectivity index (χ3v) is 2.78. The van der Waals surface area contributed by atoms with E-state index in [0.29, 0.717) is 0 Å². The Morgan fingerprint density at radius 1 is 1.20 bits per heavy atom. The van der Waals surface area contributed by atoms with Crippen LogP contribution in [-0.4, -0.2) is 6.21 Å². The molecule has 2 rings (SSSR count). The van der Waals surface area contributed by atoms with E-state index in [9.17, 15) is 0 Å². The maximum Gasteiger partial charge on any atom is 0.0629 e. The highest BCUT2D eigenvalue weighted by Crippen LogP contribution is 2.20. The molecule has 2 heteroatoms. The standard InChI is InChI=1S/C13H12BrN/c14-12-6-4-5-11(9-12)10-15-13-7-2-1-3-8-13/h1-3,6-10H,4-5H2/b15-10+. The zero-order chi connectivity index (χ0) is 10.5. The number of hydrogen-bond donors (Lipinski definition) is 0. The van der Waals surface area contributed by atoms with Crippen molar-refractivity contribution >= 4 is 27.8 Å². The Hall–Kier alpha value is -1.15. The predicted molar refractivity (Wildman–Crippen MR) is 68.9 cm³/mol. The largest absolute Gasteiger partial charge is 0.257 e. The average molecular weight is 262 g/mol. The maximum absolute atomic E-state index is 4.42. The van der Waals surface area contributed by atoms with Crippen molar-refractivity contribution in [1.82, 2.24) is 0 Å². The van der Waals surface area contributed by atoms with Crippen LogP contribution >= 0.6 is 15.9 Å². The minimum Gasteiger partial charge on any atom is -0.257 e. The molecule has 0 radical (unpaired) electrons. The fourth-order valence-electron chi connectivity index (χ4n) is 1.46. The molecule has 0 aromatic heterocycles. The summed E-state index contributed by atoms with van der Waals surface area (Å²) < 4.78 is 1.16. The minimum absolute atomic E-state index is 1.00. The molecule has 0 unspecified atom stereocenters. The third kappa shape index (κ3) is 3.17. The van der Waals surface area contributed by atoms with Gasteiger partial charge in [0.15, 0.2) is 0 Å². The molecule has 1 aliphatic rings. The minimum atomic E-state index is 1.00. The molecule has 0 bridgehead atoms. The van der Waals surface area contributed by atoms with Crippen LogP contribution in [-0.2, 0) is 0 Å². The number of allylic oxidation sites excluding steroid dienone is 4. The normalized spacial score (nSPS) is 16.3. The van der Waals surface area contributed by atoms with E-state index in [0.717, 1.165) is 23.0 Å². The van der Waals surface area contributed by atoms with Crippen LogP contribution in [0.3, 0.4) is 0 Å². The molecule has 0 saturated heterocycles. The summed E-state index contributed by atoms with van der Waals surface area (Å²) in [5.41, 5.74) is 2.28. The van der Waals surface area contributed by atoms with E-state index in [1.165, 1.54) is 5.57 Å². The smallest absolute Gasteiger partial charge is 0.0629 e. The maximum atomic E-state index is 4.42. The quantitative estimate of drug-likeness (QED) is 0.701. The first kappa shape index (κ1) is 10.4. The van der Waals surface area contributed by atoms with Crippen LogP contribution in [0, 0.1) is 0 Å². The molecule has 0 N–H and O–H groups in total. The summed E-state index contributed by atoms with van der Waals surface area (Å²) >= 11 is 3.48. The monoisotopic (exact) mass is 261 g/mol. The van der Waals surface area contributed by atoms with Crippen molar-refractivity contribution in [3.63, 3.8) is 0 Å². The SMILES string of the molecule is BrC1=CCCC(/C=N/c2ccccc2)=C1. The first-order valence-corrected chi connectivity index (χ1v) is 5.79. The molecule has 0 heterocycles. The van der Waals surface area contributed by atoms with E-state index in [1.807, 2.05) is 36.5 Å². The van der Waals surface area contributed by atoms with E-state index < -0.39 is 0 Å². The number of halogens is 1. The molecule has 0 atom stereocenters. The second-order valence-electron chi connectivity index (χ2n) is 3.44. The van der Waals surface area contributed by atoms with Gasteiger partial charge >= 0.3 is 0 Å². The lowest BCUT2D eigenvalue weighted by atomic mass is 10.1. The number of hydrogen-bond acceptors (Lipinski definition) is 1. The lowest BCUT2D eigenvalue weighted by Crippen LogP contribution is -1.89. The summed E-state index contributed by atoms with van der Waals surface area (Å²) in [6.07, 6.45) is 8.41. The molecular formula is C13H12BrN. The van der Waals surface area contributed by atoms with Crippen LogP contribution in [0.15, 0.2) is 57.5 Å². The summed E-state index contributed by atoms with van der Waals surface area (Å²) in [4.78, 5) is 4.42. The first-order chi connectivity index (χ1) is 7.34. The van der Waals surface area contributed by atoms with Gasteiger partial charge in [0, 0.05) is 10.7 Å². The van der Waals surface area contributed by atoms with Crippen LogP contribution in [0.4, 0.5) is 5.69 Å². The average Bonchev–Trinajstić information content (AvgIpc) is 2.28. The summed E-state index contributed by atoms with van der Waals surface area (Å²) in [6, 6.07) is 10.0. The van der Waals surface area contributed by atoms with E-state index in [1.54, 1.807) is 0 Å². The van der Waals surface area contributed by atoms with Crippen molar-refractivity contribution in [3.8, 4) is 0 Å². The first-order valence-electron chi connectivity index (χ1n) is 5.00. The number of benzene rings is 1. The van der Waals surface area contributed by atoms with Crippen LogP contribution in [0.2, 0.25) is 0 Å². The second kappa shape index (κ2) is 5.08. The highest BCUT2D eigenvalue weighted by molar-refractivity contribution is 9.11. The van der Waals surface area contributed by atoms with Gasteiger partial charge in [0.25, 0.3) is 0 Å². The Balaban J connectivity index is 2.09. The lowest BCUT2D eigenvalue weighted by Gasteiger charge is -2.05. The molecule has 1 aromatic rings. The van der Waals surface area contributed by atoms with Crippen molar-refractivity contribution in [1.29, 1.82) is 0 Å². The second-order valence-corrected chi connectivity index (χ2v) is 4.36. The fourth-order valence-corrected chi connectivity index (χ4v) is 1.98. The van der Waals surface area contributed by atoms with Gasteiger partial charge in [-0.05, 0) is 36.6 Å². The van der Waals surface area contributed by atoms with E-state index in [4.69, 9.17) is 0 Å². The van der Waals surface area contributed by atoms with Crippen LogP contribution < -0.4 is 0 Å². The summed E-state index contributed by atoms with van der Waals surface area (Å²) in [6.45, 7) is 0. The van der Waals surface area contributed by atoms with Crippen molar-refractivity contribution < 1.29 is 0 Å². The topological polar surface area (TPSA) is 12.4 Å². The molecule has 1 aromatic carbocycles. The summed E-state index contributed by atoms with van der Waals surface area (Å²) in [7, 11) is 0. The molecule has 0 fully saturated rings. The molecule has 15 heavy (non-hydrogen) atoms. The van der Waals surface area contributed by atoms with E-state index >= 15 is 0 Å². The van der Waals surface area contributed by atoms with Gasteiger partial charge in [-0.2, -0.15) is 0 Å². The van der Waals surface area contributed by atoms with E-state index in [-0.39, 0.29) is 0 Å². The Morgan fingerprint density at radius 2 is 2.00 bits per heavy atom. The molecule has 0 aliphatic heterocycles. The van der Waals surface area contributed by atoms with Gasteiger partial charge in [-0.15, -0.1) is 0 Å². The molecule has 76 valence electrons. The zero-order valence-corrected chi connectivity index (χ0v) is 9.94. The summed E-state index contributed by atoms with van der Waals surface area (Å²) in [5, 5.41) is 0. The lowest BCUT2D eigenvalue weighted by molar-refractivity contribution is 1.01. The molecule has 1 nitrogen and oxygen atoms in total. The van der Waals surface area contributed by atoms with Gasteiger partial charge < -0.3 is 0 Å². The summed E-state index contributed by atoms with van der Waals surface area (Å²) in [5.74, 6) is 0. The Kier molecular flexibility index (Phi) is 3.51. The number of para-hydroxylation sites is 1. The van der Waals surface area contributed by atoms with Gasteiger partial charge in [-0.25, -0.2) is 0 Å². The Bertz CT molecular complexity index is 415. The van der Waals surface area contributed by atoms with E-state index in [2.05, 4.69) is 33.1 Å². The number of aliphatic imine (C=N–C) groups is 1. The molecule has 0 spiro atoms. The predicted octanol–water partition coefficient (Wildman–Crippen LogP) is 4.39. The number of nitrogens with zero attached hydrogens (tertiary/aromatic N) is 1. The third-order valence-electron chi connectivity index (χ3n) is 2.23. The van der Waals surface area contributed by atoms with Crippen LogP contribution in [0.25, 0.3) is 0 Å². The fraction of sp³-hybridized carbons (Fsp3) is 0.154. The van der Waals surface area contributed by atoms with Crippen molar-refractivity contribution in [3.05, 3.63) is 52.5 Å². The molecular weight excluding hydrogens is 250 g/mol. The van der Waals surface area contributed by atoms with Crippen molar-refractivity contribution in [2.24, 2.45) is 4.99 Å². The zero-order valence-electron chi connectivity index (χ0n) is 8.36. The highest BCUT2D eigenvalue weighted by Gasteiger charge is 2.00. The van der Waals surface area contributed by atoms with Gasteiger partial charge in [-0.3, -0.25) is 4.99 Å². The molecule has 0 amide bonds.